The summed E-state index contributed by atoms with van der Waals surface area (Å²) in [6, 6.07) is 7.29. The standard InChI is InChI=1S/C9H10BrNO2/c1-13-11-9(12)8-4-2-7(6-10)3-5-8/h2-5H,6H2,1H3,(H,11,12). The number of hydrogen-bond acceptors (Lipinski definition) is 2. The number of hydroxylamine groups is 1. The summed E-state index contributed by atoms with van der Waals surface area (Å²) in [5.74, 6) is -0.233. The van der Waals surface area contributed by atoms with Gasteiger partial charge in [0.15, 0.2) is 0 Å². The van der Waals surface area contributed by atoms with Crippen LogP contribution in [0.25, 0.3) is 0 Å². The van der Waals surface area contributed by atoms with Crippen molar-refractivity contribution in [1.82, 2.24) is 5.48 Å². The molecule has 4 heteroatoms. The van der Waals surface area contributed by atoms with E-state index in [9.17, 15) is 4.79 Å². The summed E-state index contributed by atoms with van der Waals surface area (Å²) in [5, 5.41) is 0.791. The first kappa shape index (κ1) is 10.2. The number of amides is 1. The summed E-state index contributed by atoms with van der Waals surface area (Å²) in [4.78, 5) is 15.7. The van der Waals surface area contributed by atoms with Crippen LogP contribution < -0.4 is 5.48 Å². The molecule has 13 heavy (non-hydrogen) atoms. The van der Waals surface area contributed by atoms with Crippen LogP contribution in [0.4, 0.5) is 0 Å². The highest BCUT2D eigenvalue weighted by atomic mass is 79.9. The van der Waals surface area contributed by atoms with E-state index in [0.29, 0.717) is 5.56 Å². The Labute approximate surface area is 85.2 Å². The van der Waals surface area contributed by atoms with Crippen LogP contribution >= 0.6 is 15.9 Å². The molecule has 0 aliphatic carbocycles. The zero-order valence-corrected chi connectivity index (χ0v) is 8.80. The van der Waals surface area contributed by atoms with Crippen LogP contribution in [-0.2, 0) is 10.2 Å². The number of alkyl halides is 1. The number of carbonyl (C=O) groups is 1. The Morgan fingerprint density at radius 2 is 2.08 bits per heavy atom. The van der Waals surface area contributed by atoms with E-state index in [0.717, 1.165) is 10.9 Å². The molecule has 0 fully saturated rings. The first-order valence-corrected chi connectivity index (χ1v) is 4.88. The minimum absolute atomic E-state index is 0.233. The molecule has 1 rings (SSSR count). The predicted molar refractivity (Wildman–Crippen MR) is 53.5 cm³/mol. The molecule has 0 aliphatic rings. The fourth-order valence-corrected chi connectivity index (χ4v) is 1.27. The molecule has 0 unspecified atom stereocenters. The Bertz CT molecular complexity index is 284. The van der Waals surface area contributed by atoms with Crippen LogP contribution in [0.2, 0.25) is 0 Å². The third-order valence-electron chi connectivity index (χ3n) is 1.57. The number of nitrogens with one attached hydrogen (secondary N) is 1. The third-order valence-corrected chi connectivity index (χ3v) is 2.21. The Hall–Kier alpha value is -0.870. The molecule has 3 nitrogen and oxygen atoms in total. The molecule has 0 atom stereocenters. The molecule has 0 saturated heterocycles. The van der Waals surface area contributed by atoms with Crippen molar-refractivity contribution in [2.24, 2.45) is 0 Å². The summed E-state index contributed by atoms with van der Waals surface area (Å²) in [7, 11) is 1.41. The highest BCUT2D eigenvalue weighted by Gasteiger charge is 2.03. The van der Waals surface area contributed by atoms with E-state index in [1.165, 1.54) is 7.11 Å². The SMILES string of the molecule is CONC(=O)c1ccc(CBr)cc1. The highest BCUT2D eigenvalue weighted by Crippen LogP contribution is 2.07. The smallest absolute Gasteiger partial charge is 0.274 e. The van der Waals surface area contributed by atoms with Crippen LogP contribution in [0, 0.1) is 0 Å². The number of carbonyl (C=O) groups excluding carboxylic acids is 1. The zero-order chi connectivity index (χ0) is 9.68. The van der Waals surface area contributed by atoms with Crippen LogP contribution in [0.15, 0.2) is 24.3 Å². The second-order valence-corrected chi connectivity index (χ2v) is 3.03. The van der Waals surface area contributed by atoms with Gasteiger partial charge in [-0.1, -0.05) is 28.1 Å². The van der Waals surface area contributed by atoms with Gasteiger partial charge in [-0.2, -0.15) is 0 Å². The van der Waals surface area contributed by atoms with Gasteiger partial charge in [-0.05, 0) is 17.7 Å². The van der Waals surface area contributed by atoms with Gasteiger partial charge in [-0.15, -0.1) is 0 Å². The average Bonchev–Trinajstić information content (AvgIpc) is 2.18. The maximum absolute atomic E-state index is 11.2. The van der Waals surface area contributed by atoms with Crippen molar-refractivity contribution in [2.45, 2.75) is 5.33 Å². The van der Waals surface area contributed by atoms with Crippen molar-refractivity contribution in [3.8, 4) is 0 Å². The monoisotopic (exact) mass is 243 g/mol. The molecule has 70 valence electrons. The topological polar surface area (TPSA) is 38.3 Å². The molecular weight excluding hydrogens is 234 g/mol. The summed E-state index contributed by atoms with van der Waals surface area (Å²) in [6.07, 6.45) is 0. The molecule has 0 spiro atoms. The maximum Gasteiger partial charge on any atom is 0.274 e. The number of benzene rings is 1. The fourth-order valence-electron chi connectivity index (χ4n) is 0.897. The van der Waals surface area contributed by atoms with E-state index in [1.54, 1.807) is 12.1 Å². The van der Waals surface area contributed by atoms with E-state index < -0.39 is 0 Å². The number of halogens is 1. The van der Waals surface area contributed by atoms with Gasteiger partial charge in [0.25, 0.3) is 5.91 Å². The first-order valence-electron chi connectivity index (χ1n) is 3.76. The zero-order valence-electron chi connectivity index (χ0n) is 7.21. The molecule has 0 bridgehead atoms. The highest BCUT2D eigenvalue weighted by molar-refractivity contribution is 9.08. The molecule has 0 radical (unpaired) electrons. The molecule has 0 heterocycles. The number of rotatable bonds is 3. The van der Waals surface area contributed by atoms with E-state index in [4.69, 9.17) is 0 Å². The molecule has 0 aliphatic heterocycles. The van der Waals surface area contributed by atoms with E-state index in [-0.39, 0.29) is 5.91 Å². The lowest BCUT2D eigenvalue weighted by molar-refractivity contribution is 0.0537. The normalized spacial score (nSPS) is 9.69. The molecule has 1 N–H and O–H groups in total. The average molecular weight is 244 g/mol. The Balaban J connectivity index is 2.74. The molecule has 1 amide bonds. The maximum atomic E-state index is 11.2. The molecule has 1 aromatic rings. The van der Waals surface area contributed by atoms with Crippen molar-refractivity contribution < 1.29 is 9.63 Å². The summed E-state index contributed by atoms with van der Waals surface area (Å²) < 4.78 is 0. The largest absolute Gasteiger partial charge is 0.277 e. The molecule has 1 aromatic carbocycles. The minimum atomic E-state index is -0.233. The Morgan fingerprint density at radius 1 is 1.46 bits per heavy atom. The van der Waals surface area contributed by atoms with Gasteiger partial charge in [-0.3, -0.25) is 9.63 Å². The van der Waals surface area contributed by atoms with Crippen LogP contribution in [0.1, 0.15) is 15.9 Å². The van der Waals surface area contributed by atoms with Crippen LogP contribution in [0.3, 0.4) is 0 Å². The van der Waals surface area contributed by atoms with Gasteiger partial charge in [0, 0.05) is 10.9 Å². The quantitative estimate of drug-likeness (QED) is 0.651. The van der Waals surface area contributed by atoms with Crippen molar-refractivity contribution in [2.75, 3.05) is 7.11 Å². The Kier molecular flexibility index (Phi) is 3.92. The van der Waals surface area contributed by atoms with Crippen LogP contribution in [-0.4, -0.2) is 13.0 Å². The minimum Gasteiger partial charge on any atom is -0.277 e. The Morgan fingerprint density at radius 3 is 2.54 bits per heavy atom. The second-order valence-electron chi connectivity index (χ2n) is 2.47. The van der Waals surface area contributed by atoms with Crippen molar-refractivity contribution in [3.05, 3.63) is 35.4 Å². The van der Waals surface area contributed by atoms with E-state index >= 15 is 0 Å². The molecule has 0 aromatic heterocycles. The molecular formula is C9H10BrNO2. The summed E-state index contributed by atoms with van der Waals surface area (Å²) in [5.41, 5.74) is 3.97. The van der Waals surface area contributed by atoms with Crippen molar-refractivity contribution >= 4 is 21.8 Å². The van der Waals surface area contributed by atoms with Gasteiger partial charge in [0.1, 0.15) is 0 Å². The van der Waals surface area contributed by atoms with Crippen molar-refractivity contribution in [3.63, 3.8) is 0 Å². The predicted octanol–water partition coefficient (Wildman–Crippen LogP) is 1.87. The fraction of sp³-hybridized carbons (Fsp3) is 0.222. The van der Waals surface area contributed by atoms with E-state index in [2.05, 4.69) is 26.2 Å². The second kappa shape index (κ2) is 4.99. The van der Waals surface area contributed by atoms with E-state index in [1.807, 2.05) is 12.1 Å². The van der Waals surface area contributed by atoms with Crippen LogP contribution in [0.5, 0.6) is 0 Å². The first-order chi connectivity index (χ1) is 6.27. The van der Waals surface area contributed by atoms with Gasteiger partial charge in [-0.25, -0.2) is 5.48 Å². The summed E-state index contributed by atoms with van der Waals surface area (Å²) in [6.45, 7) is 0. The lowest BCUT2D eigenvalue weighted by Gasteiger charge is -2.01. The van der Waals surface area contributed by atoms with Gasteiger partial charge in [0.05, 0.1) is 7.11 Å². The lowest BCUT2D eigenvalue weighted by Crippen LogP contribution is -2.21. The van der Waals surface area contributed by atoms with Gasteiger partial charge < -0.3 is 0 Å². The third kappa shape index (κ3) is 2.82. The summed E-state index contributed by atoms with van der Waals surface area (Å²) >= 11 is 3.32. The van der Waals surface area contributed by atoms with Crippen molar-refractivity contribution in [1.29, 1.82) is 0 Å². The number of hydrogen-bond donors (Lipinski definition) is 1. The lowest BCUT2D eigenvalue weighted by atomic mass is 10.1. The van der Waals surface area contributed by atoms with Gasteiger partial charge >= 0.3 is 0 Å². The van der Waals surface area contributed by atoms with Gasteiger partial charge in [0.2, 0.25) is 0 Å². The molecule has 0 saturated carbocycles.